The summed E-state index contributed by atoms with van der Waals surface area (Å²) in [5.41, 5.74) is 1.20. The number of anilines is 1. The zero-order valence-electron chi connectivity index (χ0n) is 12.9. The topological polar surface area (TPSA) is 76.3 Å². The summed E-state index contributed by atoms with van der Waals surface area (Å²) in [7, 11) is 1.63. The average molecular weight is 311 g/mol. The van der Waals surface area contributed by atoms with Crippen LogP contribution in [-0.4, -0.2) is 10.6 Å². The number of nitrogens with zero attached hydrogens (tertiary/aromatic N) is 1. The molecule has 2 aromatic heterocycles. The number of fused-ring (bicyclic) bond motifs is 1. The Hall–Kier alpha value is -3.02. The number of rotatable bonds is 3. The van der Waals surface area contributed by atoms with Gasteiger partial charge in [0.2, 0.25) is 5.56 Å². The number of pyridine rings is 1. The lowest BCUT2D eigenvalue weighted by Gasteiger charge is -2.12. The minimum atomic E-state index is -0.364. The van der Waals surface area contributed by atoms with E-state index in [-0.39, 0.29) is 17.6 Å². The molecule has 1 atom stereocenters. The standard InChI is InChI=1S/C17H17N3O3/c1-11(15-9-12-5-3-4-6-14(12)23-15)18-17(22)19-13-7-8-16(21)20(2)10-13/h3-11H,1-2H3,(H2,18,19,22). The number of benzene rings is 1. The van der Waals surface area contributed by atoms with Crippen LogP contribution in [-0.2, 0) is 7.05 Å². The number of carbonyl (C=O) groups is 1. The Morgan fingerprint density at radius 1 is 1.22 bits per heavy atom. The summed E-state index contributed by atoms with van der Waals surface area (Å²) in [6.07, 6.45) is 1.56. The molecule has 1 unspecified atom stereocenters. The van der Waals surface area contributed by atoms with E-state index in [1.54, 1.807) is 19.3 Å². The molecule has 0 aliphatic heterocycles. The van der Waals surface area contributed by atoms with E-state index in [9.17, 15) is 9.59 Å². The molecule has 2 heterocycles. The molecule has 3 aromatic rings. The van der Waals surface area contributed by atoms with Gasteiger partial charge in [-0.15, -0.1) is 0 Å². The number of carbonyl (C=O) groups excluding carboxylic acids is 1. The van der Waals surface area contributed by atoms with Gasteiger partial charge in [-0.25, -0.2) is 4.79 Å². The average Bonchev–Trinajstić information content (AvgIpc) is 2.95. The molecule has 6 heteroatoms. The highest BCUT2D eigenvalue weighted by Gasteiger charge is 2.14. The highest BCUT2D eigenvalue weighted by Crippen LogP contribution is 2.23. The Morgan fingerprint density at radius 3 is 2.74 bits per heavy atom. The maximum Gasteiger partial charge on any atom is 0.319 e. The molecule has 0 aliphatic rings. The van der Waals surface area contributed by atoms with Crippen LogP contribution >= 0.6 is 0 Å². The quantitative estimate of drug-likeness (QED) is 0.780. The number of aromatic nitrogens is 1. The lowest BCUT2D eigenvalue weighted by atomic mass is 10.2. The summed E-state index contributed by atoms with van der Waals surface area (Å²) in [5.74, 6) is 0.682. The first-order valence-electron chi connectivity index (χ1n) is 7.25. The smallest absolute Gasteiger partial charge is 0.319 e. The molecule has 23 heavy (non-hydrogen) atoms. The molecule has 0 bridgehead atoms. The zero-order valence-corrected chi connectivity index (χ0v) is 12.9. The van der Waals surface area contributed by atoms with E-state index in [1.165, 1.54) is 10.6 Å². The summed E-state index contributed by atoms with van der Waals surface area (Å²) in [5, 5.41) is 6.50. The molecule has 3 rings (SSSR count). The SMILES string of the molecule is CC(NC(=O)Nc1ccc(=O)n(C)c1)c1cc2ccccc2o1. The van der Waals surface area contributed by atoms with Crippen LogP contribution < -0.4 is 16.2 Å². The molecule has 118 valence electrons. The highest BCUT2D eigenvalue weighted by molar-refractivity contribution is 5.89. The third-order valence-corrected chi connectivity index (χ3v) is 3.56. The van der Waals surface area contributed by atoms with Crippen molar-refractivity contribution in [1.82, 2.24) is 9.88 Å². The molecule has 0 aliphatic carbocycles. The third-order valence-electron chi connectivity index (χ3n) is 3.56. The fourth-order valence-electron chi connectivity index (χ4n) is 2.32. The van der Waals surface area contributed by atoms with Gasteiger partial charge < -0.3 is 19.6 Å². The van der Waals surface area contributed by atoms with E-state index in [4.69, 9.17) is 4.42 Å². The van der Waals surface area contributed by atoms with Crippen LogP contribution in [0.5, 0.6) is 0 Å². The zero-order chi connectivity index (χ0) is 16.4. The number of amides is 2. The van der Waals surface area contributed by atoms with Crippen molar-refractivity contribution in [2.45, 2.75) is 13.0 Å². The molecular formula is C17H17N3O3. The van der Waals surface area contributed by atoms with Gasteiger partial charge in [-0.05, 0) is 25.1 Å². The molecule has 0 saturated heterocycles. The molecule has 6 nitrogen and oxygen atoms in total. The lowest BCUT2D eigenvalue weighted by Crippen LogP contribution is -2.31. The highest BCUT2D eigenvalue weighted by atomic mass is 16.3. The molecule has 0 radical (unpaired) electrons. The van der Waals surface area contributed by atoms with Gasteiger partial charge in [-0.2, -0.15) is 0 Å². The van der Waals surface area contributed by atoms with E-state index in [1.807, 2.05) is 37.3 Å². The Balaban J connectivity index is 1.69. The second-order valence-corrected chi connectivity index (χ2v) is 5.37. The van der Waals surface area contributed by atoms with Crippen molar-refractivity contribution in [3.05, 3.63) is 64.8 Å². The number of para-hydroxylation sites is 1. The van der Waals surface area contributed by atoms with E-state index in [0.29, 0.717) is 11.4 Å². The first kappa shape index (κ1) is 14.9. The summed E-state index contributed by atoms with van der Waals surface area (Å²) >= 11 is 0. The number of hydrogen-bond acceptors (Lipinski definition) is 3. The first-order chi connectivity index (χ1) is 11.0. The Labute approximate surface area is 132 Å². The van der Waals surface area contributed by atoms with Crippen molar-refractivity contribution < 1.29 is 9.21 Å². The van der Waals surface area contributed by atoms with Crippen LogP contribution in [0.15, 0.2) is 57.9 Å². The summed E-state index contributed by atoms with van der Waals surface area (Å²) in [4.78, 5) is 23.4. The fraction of sp³-hybridized carbons (Fsp3) is 0.176. The largest absolute Gasteiger partial charge is 0.459 e. The molecule has 0 fully saturated rings. The maximum atomic E-state index is 12.1. The van der Waals surface area contributed by atoms with Crippen molar-refractivity contribution in [1.29, 1.82) is 0 Å². The van der Waals surface area contributed by atoms with E-state index < -0.39 is 0 Å². The van der Waals surface area contributed by atoms with Gasteiger partial charge >= 0.3 is 6.03 Å². The number of hydrogen-bond donors (Lipinski definition) is 2. The summed E-state index contributed by atoms with van der Waals surface area (Å²) < 4.78 is 7.13. The fourth-order valence-corrected chi connectivity index (χ4v) is 2.32. The normalized spacial score (nSPS) is 12.1. The van der Waals surface area contributed by atoms with Crippen molar-refractivity contribution >= 4 is 22.7 Å². The summed E-state index contributed by atoms with van der Waals surface area (Å²) in [6.45, 7) is 1.85. The van der Waals surface area contributed by atoms with E-state index in [2.05, 4.69) is 10.6 Å². The van der Waals surface area contributed by atoms with Gasteiger partial charge in [-0.1, -0.05) is 18.2 Å². The van der Waals surface area contributed by atoms with E-state index in [0.717, 1.165) is 11.0 Å². The minimum Gasteiger partial charge on any atom is -0.459 e. The molecule has 2 N–H and O–H groups in total. The molecule has 0 spiro atoms. The predicted molar refractivity (Wildman–Crippen MR) is 88.5 cm³/mol. The van der Waals surface area contributed by atoms with Gasteiger partial charge in [0.05, 0.1) is 11.7 Å². The van der Waals surface area contributed by atoms with E-state index >= 15 is 0 Å². The van der Waals surface area contributed by atoms with Crippen LogP contribution in [0.25, 0.3) is 11.0 Å². The molecular weight excluding hydrogens is 294 g/mol. The number of nitrogens with one attached hydrogen (secondary N) is 2. The summed E-state index contributed by atoms with van der Waals surface area (Å²) in [6, 6.07) is 11.9. The molecule has 1 aromatic carbocycles. The lowest BCUT2D eigenvalue weighted by molar-refractivity contribution is 0.248. The van der Waals surface area contributed by atoms with Crippen LogP contribution in [0.1, 0.15) is 18.7 Å². The van der Waals surface area contributed by atoms with Crippen molar-refractivity contribution in [3.63, 3.8) is 0 Å². The van der Waals surface area contributed by atoms with Gasteiger partial charge in [-0.3, -0.25) is 4.79 Å². The van der Waals surface area contributed by atoms with Gasteiger partial charge in [0, 0.05) is 24.7 Å². The van der Waals surface area contributed by atoms with Gasteiger partial charge in [0.25, 0.3) is 0 Å². The Bertz CT molecular complexity index is 878. The second kappa shape index (κ2) is 6.00. The Morgan fingerprint density at radius 2 is 2.00 bits per heavy atom. The van der Waals surface area contributed by atoms with Crippen LogP contribution in [0, 0.1) is 0 Å². The van der Waals surface area contributed by atoms with Gasteiger partial charge in [0.1, 0.15) is 11.3 Å². The predicted octanol–water partition coefficient (Wildman–Crippen LogP) is 3.01. The number of aryl methyl sites for hydroxylation is 1. The second-order valence-electron chi connectivity index (χ2n) is 5.37. The first-order valence-corrected chi connectivity index (χ1v) is 7.25. The molecule has 0 saturated carbocycles. The number of furan rings is 1. The van der Waals surface area contributed by atoms with Crippen molar-refractivity contribution in [3.8, 4) is 0 Å². The van der Waals surface area contributed by atoms with Crippen molar-refractivity contribution in [2.24, 2.45) is 7.05 Å². The van der Waals surface area contributed by atoms with Crippen LogP contribution in [0.2, 0.25) is 0 Å². The third kappa shape index (κ3) is 3.26. The number of urea groups is 1. The minimum absolute atomic E-state index is 0.133. The maximum absolute atomic E-state index is 12.1. The van der Waals surface area contributed by atoms with Crippen LogP contribution in [0.3, 0.4) is 0 Å². The Kier molecular flexibility index (Phi) is 3.89. The van der Waals surface area contributed by atoms with Crippen LogP contribution in [0.4, 0.5) is 10.5 Å². The van der Waals surface area contributed by atoms with Gasteiger partial charge in [0.15, 0.2) is 0 Å². The molecule has 2 amide bonds. The van der Waals surface area contributed by atoms with Crippen molar-refractivity contribution in [2.75, 3.05) is 5.32 Å². The monoisotopic (exact) mass is 311 g/mol.